The van der Waals surface area contributed by atoms with Gasteiger partial charge in [0.25, 0.3) is 0 Å². The molecular formula is C11H12N2O. The number of rotatable bonds is 1. The average molecular weight is 188 g/mol. The molecule has 14 heavy (non-hydrogen) atoms. The molecule has 1 heterocycles. The third-order valence-corrected chi connectivity index (χ3v) is 2.26. The van der Waals surface area contributed by atoms with Crippen molar-refractivity contribution >= 4 is 11.4 Å². The van der Waals surface area contributed by atoms with Crippen molar-refractivity contribution in [3.05, 3.63) is 36.3 Å². The summed E-state index contributed by atoms with van der Waals surface area (Å²) in [6, 6.07) is 7.51. The van der Waals surface area contributed by atoms with Gasteiger partial charge < -0.3 is 15.9 Å². The second-order valence-electron chi connectivity index (χ2n) is 3.23. The van der Waals surface area contributed by atoms with E-state index < -0.39 is 0 Å². The van der Waals surface area contributed by atoms with E-state index in [1.807, 2.05) is 25.1 Å². The van der Waals surface area contributed by atoms with Crippen LogP contribution in [0.1, 0.15) is 5.76 Å². The van der Waals surface area contributed by atoms with Crippen molar-refractivity contribution in [1.29, 1.82) is 0 Å². The Labute approximate surface area is 82.3 Å². The molecule has 0 spiro atoms. The highest BCUT2D eigenvalue weighted by Gasteiger charge is 2.05. The third kappa shape index (κ3) is 1.33. The van der Waals surface area contributed by atoms with E-state index in [0.29, 0.717) is 11.4 Å². The lowest BCUT2D eigenvalue weighted by Gasteiger charge is -2.03. The first kappa shape index (κ1) is 8.69. The molecule has 72 valence electrons. The second-order valence-corrected chi connectivity index (χ2v) is 3.23. The molecular weight excluding hydrogens is 176 g/mol. The van der Waals surface area contributed by atoms with Crippen LogP contribution in [0.2, 0.25) is 0 Å². The lowest BCUT2D eigenvalue weighted by atomic mass is 10.1. The van der Waals surface area contributed by atoms with Gasteiger partial charge in [-0.25, -0.2) is 0 Å². The standard InChI is InChI=1S/C11H12N2O/c1-7-9(4-5-14-7)8-2-3-10(12)11(13)6-8/h2-6H,12-13H2,1H3. The van der Waals surface area contributed by atoms with Gasteiger partial charge in [-0.3, -0.25) is 0 Å². The van der Waals surface area contributed by atoms with Crippen LogP contribution in [-0.4, -0.2) is 0 Å². The Bertz CT molecular complexity index is 460. The summed E-state index contributed by atoms with van der Waals surface area (Å²) in [6.45, 7) is 1.92. The molecule has 3 heteroatoms. The third-order valence-electron chi connectivity index (χ3n) is 2.26. The summed E-state index contributed by atoms with van der Waals surface area (Å²) in [5.74, 6) is 0.883. The van der Waals surface area contributed by atoms with Crippen LogP contribution in [0.3, 0.4) is 0 Å². The molecule has 0 amide bonds. The average Bonchev–Trinajstić information content (AvgIpc) is 2.57. The highest BCUT2D eigenvalue weighted by atomic mass is 16.3. The van der Waals surface area contributed by atoms with E-state index in [2.05, 4.69) is 0 Å². The van der Waals surface area contributed by atoms with Crippen molar-refractivity contribution < 1.29 is 4.42 Å². The summed E-state index contributed by atoms with van der Waals surface area (Å²) in [4.78, 5) is 0. The SMILES string of the molecule is Cc1occc1-c1ccc(N)c(N)c1. The highest BCUT2D eigenvalue weighted by molar-refractivity contribution is 5.75. The molecule has 4 N–H and O–H groups in total. The molecule has 0 bridgehead atoms. The Balaban J connectivity index is 2.53. The molecule has 1 aromatic carbocycles. The molecule has 0 aliphatic rings. The van der Waals surface area contributed by atoms with Gasteiger partial charge in [0.15, 0.2) is 0 Å². The number of anilines is 2. The lowest BCUT2D eigenvalue weighted by molar-refractivity contribution is 0.535. The maximum atomic E-state index is 5.72. The fourth-order valence-electron chi connectivity index (χ4n) is 1.43. The number of nitrogen functional groups attached to an aromatic ring is 2. The normalized spacial score (nSPS) is 10.4. The van der Waals surface area contributed by atoms with E-state index in [4.69, 9.17) is 15.9 Å². The molecule has 0 aliphatic heterocycles. The first-order chi connectivity index (χ1) is 6.68. The van der Waals surface area contributed by atoms with Gasteiger partial charge in [-0.05, 0) is 30.7 Å². The molecule has 0 aliphatic carbocycles. The molecule has 0 fully saturated rings. The number of hydrogen-bond donors (Lipinski definition) is 2. The summed E-state index contributed by atoms with van der Waals surface area (Å²) in [5, 5.41) is 0. The summed E-state index contributed by atoms with van der Waals surface area (Å²) < 4.78 is 5.22. The van der Waals surface area contributed by atoms with E-state index in [-0.39, 0.29) is 0 Å². The number of furan rings is 1. The van der Waals surface area contributed by atoms with Crippen molar-refractivity contribution in [2.24, 2.45) is 0 Å². The molecule has 0 saturated carbocycles. The molecule has 0 radical (unpaired) electrons. The Kier molecular flexibility index (Phi) is 1.93. The topological polar surface area (TPSA) is 65.2 Å². The Morgan fingerprint density at radius 3 is 2.43 bits per heavy atom. The minimum Gasteiger partial charge on any atom is -0.469 e. The molecule has 0 saturated heterocycles. The van der Waals surface area contributed by atoms with Crippen molar-refractivity contribution in [2.75, 3.05) is 11.5 Å². The first-order valence-electron chi connectivity index (χ1n) is 4.38. The van der Waals surface area contributed by atoms with Crippen LogP contribution in [0.25, 0.3) is 11.1 Å². The van der Waals surface area contributed by atoms with E-state index in [1.54, 1.807) is 12.3 Å². The van der Waals surface area contributed by atoms with Gasteiger partial charge in [0, 0.05) is 5.56 Å². The van der Waals surface area contributed by atoms with E-state index >= 15 is 0 Å². The number of hydrogen-bond acceptors (Lipinski definition) is 3. The van der Waals surface area contributed by atoms with Crippen molar-refractivity contribution in [3.63, 3.8) is 0 Å². The summed E-state index contributed by atoms with van der Waals surface area (Å²) in [7, 11) is 0. The van der Waals surface area contributed by atoms with Crippen LogP contribution in [0.15, 0.2) is 34.9 Å². The van der Waals surface area contributed by atoms with Crippen LogP contribution in [-0.2, 0) is 0 Å². The zero-order valence-electron chi connectivity index (χ0n) is 7.95. The van der Waals surface area contributed by atoms with Gasteiger partial charge in [0.05, 0.1) is 17.6 Å². The van der Waals surface area contributed by atoms with Crippen molar-refractivity contribution in [2.45, 2.75) is 6.92 Å². The molecule has 2 rings (SSSR count). The minimum atomic E-state index is 0.600. The maximum absolute atomic E-state index is 5.72. The monoisotopic (exact) mass is 188 g/mol. The summed E-state index contributed by atoms with van der Waals surface area (Å²) >= 11 is 0. The van der Waals surface area contributed by atoms with Gasteiger partial charge in [-0.2, -0.15) is 0 Å². The Morgan fingerprint density at radius 2 is 1.86 bits per heavy atom. The quantitative estimate of drug-likeness (QED) is 0.675. The Morgan fingerprint density at radius 1 is 1.07 bits per heavy atom. The fourth-order valence-corrected chi connectivity index (χ4v) is 1.43. The van der Waals surface area contributed by atoms with Gasteiger partial charge in [0.1, 0.15) is 5.76 Å². The van der Waals surface area contributed by atoms with E-state index in [1.165, 1.54) is 0 Å². The van der Waals surface area contributed by atoms with Crippen LogP contribution in [0, 0.1) is 6.92 Å². The zero-order chi connectivity index (χ0) is 10.1. The van der Waals surface area contributed by atoms with Gasteiger partial charge in [0.2, 0.25) is 0 Å². The van der Waals surface area contributed by atoms with Crippen LogP contribution >= 0.6 is 0 Å². The second kappa shape index (κ2) is 3.10. The van der Waals surface area contributed by atoms with Gasteiger partial charge in [-0.15, -0.1) is 0 Å². The maximum Gasteiger partial charge on any atom is 0.108 e. The Hall–Kier alpha value is -1.90. The van der Waals surface area contributed by atoms with Crippen LogP contribution < -0.4 is 11.5 Å². The highest BCUT2D eigenvalue weighted by Crippen LogP contribution is 2.28. The number of aryl methyl sites for hydroxylation is 1. The fraction of sp³-hybridized carbons (Fsp3) is 0.0909. The first-order valence-corrected chi connectivity index (χ1v) is 4.38. The van der Waals surface area contributed by atoms with E-state index in [0.717, 1.165) is 16.9 Å². The molecule has 2 aromatic rings. The summed E-state index contributed by atoms with van der Waals surface area (Å²) in [5.41, 5.74) is 14.6. The van der Waals surface area contributed by atoms with Crippen molar-refractivity contribution in [1.82, 2.24) is 0 Å². The summed E-state index contributed by atoms with van der Waals surface area (Å²) in [6.07, 6.45) is 1.66. The van der Waals surface area contributed by atoms with Crippen LogP contribution in [0.5, 0.6) is 0 Å². The van der Waals surface area contributed by atoms with Gasteiger partial charge >= 0.3 is 0 Å². The van der Waals surface area contributed by atoms with E-state index in [9.17, 15) is 0 Å². The number of benzene rings is 1. The lowest BCUT2D eigenvalue weighted by Crippen LogP contribution is -1.94. The largest absolute Gasteiger partial charge is 0.469 e. The smallest absolute Gasteiger partial charge is 0.108 e. The molecule has 0 atom stereocenters. The van der Waals surface area contributed by atoms with Gasteiger partial charge in [-0.1, -0.05) is 6.07 Å². The minimum absolute atomic E-state index is 0.600. The molecule has 1 aromatic heterocycles. The van der Waals surface area contributed by atoms with Crippen molar-refractivity contribution in [3.8, 4) is 11.1 Å². The zero-order valence-corrected chi connectivity index (χ0v) is 7.95. The molecule has 0 unspecified atom stereocenters. The predicted molar refractivity (Wildman–Crippen MR) is 57.7 cm³/mol. The molecule has 3 nitrogen and oxygen atoms in total. The predicted octanol–water partition coefficient (Wildman–Crippen LogP) is 2.42. The van der Waals surface area contributed by atoms with Crippen LogP contribution in [0.4, 0.5) is 11.4 Å². The number of nitrogens with two attached hydrogens (primary N) is 2.